The number of halogens is 4. The summed E-state index contributed by atoms with van der Waals surface area (Å²) in [6.07, 6.45) is 2.53. The van der Waals surface area contributed by atoms with E-state index in [0.29, 0.717) is 37.1 Å². The molecule has 2 saturated carbocycles. The lowest BCUT2D eigenvalue weighted by Gasteiger charge is -2.48. The Morgan fingerprint density at radius 3 is 2.57 bits per heavy atom. The van der Waals surface area contributed by atoms with Crippen LogP contribution in [0.2, 0.25) is 0 Å². The fourth-order valence-corrected chi connectivity index (χ4v) is 8.93. The highest BCUT2D eigenvalue weighted by Gasteiger charge is 2.52. The third-order valence-electron chi connectivity index (χ3n) is 8.28. The molecule has 2 aliphatic heterocycles. The first-order chi connectivity index (χ1) is 16.5. The molecule has 4 rings (SSSR count). The van der Waals surface area contributed by atoms with Gasteiger partial charge in [-0.3, -0.25) is 4.79 Å². The fourth-order valence-electron chi connectivity index (χ4n) is 6.25. The van der Waals surface area contributed by atoms with Crippen LogP contribution in [0.15, 0.2) is 0 Å². The SMILES string of the molecule is CC1NN(C(F)F)CC1S(=O)(=O)N1CC(C(=O)O)CC2CCC(OCC3C(F)CCCC3Cl)CC21. The van der Waals surface area contributed by atoms with Crippen molar-refractivity contribution >= 4 is 27.6 Å². The number of hydrogen-bond acceptors (Lipinski definition) is 6. The molecule has 4 aliphatic rings. The highest BCUT2D eigenvalue weighted by molar-refractivity contribution is 7.89. The molecular formula is C22H35ClF3N3O5S. The number of ether oxygens (including phenoxy) is 1. The van der Waals surface area contributed by atoms with E-state index in [0.717, 1.165) is 12.8 Å². The number of piperidine rings is 1. The lowest BCUT2D eigenvalue weighted by atomic mass is 9.75. The molecule has 13 heteroatoms. The zero-order valence-corrected chi connectivity index (χ0v) is 21.3. The molecule has 0 spiro atoms. The van der Waals surface area contributed by atoms with E-state index >= 15 is 0 Å². The zero-order chi connectivity index (χ0) is 25.5. The Morgan fingerprint density at radius 1 is 1.20 bits per heavy atom. The molecule has 2 aliphatic carbocycles. The van der Waals surface area contributed by atoms with Gasteiger partial charge in [0.25, 0.3) is 0 Å². The van der Waals surface area contributed by atoms with Crippen LogP contribution in [0, 0.1) is 17.8 Å². The largest absolute Gasteiger partial charge is 0.481 e. The topological polar surface area (TPSA) is 99.2 Å². The van der Waals surface area contributed by atoms with Crippen molar-refractivity contribution in [2.75, 3.05) is 19.7 Å². The van der Waals surface area contributed by atoms with Gasteiger partial charge in [0.1, 0.15) is 11.4 Å². The molecule has 35 heavy (non-hydrogen) atoms. The van der Waals surface area contributed by atoms with Gasteiger partial charge in [0, 0.05) is 36.5 Å². The standard InChI is InChI=1S/C22H35ClF3N3O5S/c1-12-20(10-28(27-12)22(25)26)35(32,33)29-9-14(21(30)31)7-13-5-6-15(8-19(13)29)34-11-16-17(23)3-2-4-18(16)24/h12-20,22,27H,2-11H2,1H3,(H,30,31). The van der Waals surface area contributed by atoms with Crippen LogP contribution < -0.4 is 5.43 Å². The van der Waals surface area contributed by atoms with Gasteiger partial charge in [-0.2, -0.15) is 18.1 Å². The number of hydrogen-bond donors (Lipinski definition) is 2. The number of carboxylic acids is 1. The molecule has 2 saturated heterocycles. The maximum atomic E-state index is 14.4. The van der Waals surface area contributed by atoms with E-state index in [1.807, 2.05) is 0 Å². The predicted octanol–water partition coefficient (Wildman–Crippen LogP) is 2.82. The van der Waals surface area contributed by atoms with Gasteiger partial charge < -0.3 is 9.84 Å². The Bertz CT molecular complexity index is 861. The van der Waals surface area contributed by atoms with Crippen molar-refractivity contribution in [3.8, 4) is 0 Å². The van der Waals surface area contributed by atoms with Gasteiger partial charge >= 0.3 is 12.5 Å². The molecule has 0 radical (unpaired) electrons. The number of aliphatic carboxylic acids is 1. The highest BCUT2D eigenvalue weighted by atomic mass is 35.5. The third kappa shape index (κ3) is 5.77. The second kappa shape index (κ2) is 11.0. The summed E-state index contributed by atoms with van der Waals surface area (Å²) in [6, 6.07) is -1.23. The molecule has 2 heterocycles. The normalized spacial score (nSPS) is 41.7. The molecule has 0 aromatic heterocycles. The monoisotopic (exact) mass is 545 g/mol. The van der Waals surface area contributed by atoms with Crippen LogP contribution in [0.4, 0.5) is 13.2 Å². The van der Waals surface area contributed by atoms with Crippen LogP contribution in [-0.4, -0.2) is 90.0 Å². The molecule has 9 unspecified atom stereocenters. The van der Waals surface area contributed by atoms with Gasteiger partial charge in [-0.25, -0.2) is 18.2 Å². The summed E-state index contributed by atoms with van der Waals surface area (Å²) < 4.78 is 75.5. The molecule has 202 valence electrons. The number of fused-ring (bicyclic) bond motifs is 1. The van der Waals surface area contributed by atoms with E-state index in [-0.39, 0.29) is 37.1 Å². The van der Waals surface area contributed by atoms with Gasteiger partial charge in [-0.1, -0.05) is 0 Å². The van der Waals surface area contributed by atoms with Crippen LogP contribution in [0.3, 0.4) is 0 Å². The van der Waals surface area contributed by atoms with Crippen LogP contribution in [0.5, 0.6) is 0 Å². The first-order valence-corrected chi connectivity index (χ1v) is 14.4. The van der Waals surface area contributed by atoms with Crippen molar-refractivity contribution in [2.45, 2.75) is 93.4 Å². The van der Waals surface area contributed by atoms with E-state index in [1.165, 1.54) is 11.2 Å². The number of hydrazine groups is 1. The molecule has 9 atom stereocenters. The maximum Gasteiger partial charge on any atom is 0.307 e. The number of nitrogens with zero attached hydrogens (tertiary/aromatic N) is 2. The fraction of sp³-hybridized carbons (Fsp3) is 0.955. The molecule has 0 amide bonds. The minimum Gasteiger partial charge on any atom is -0.481 e. The van der Waals surface area contributed by atoms with Crippen LogP contribution in [-0.2, 0) is 19.6 Å². The minimum absolute atomic E-state index is 0.162. The van der Waals surface area contributed by atoms with Gasteiger partial charge in [0.05, 0.1) is 18.6 Å². The smallest absolute Gasteiger partial charge is 0.307 e. The van der Waals surface area contributed by atoms with Crippen LogP contribution >= 0.6 is 11.6 Å². The van der Waals surface area contributed by atoms with E-state index < -0.39 is 57.9 Å². The average Bonchev–Trinajstić information content (AvgIpc) is 3.20. The Morgan fingerprint density at radius 2 is 1.94 bits per heavy atom. The Labute approximate surface area is 209 Å². The first kappa shape index (κ1) is 27.4. The Balaban J connectivity index is 1.49. The third-order valence-corrected chi connectivity index (χ3v) is 11.2. The lowest BCUT2D eigenvalue weighted by molar-refractivity contribution is -0.145. The highest BCUT2D eigenvalue weighted by Crippen LogP contribution is 2.42. The van der Waals surface area contributed by atoms with Gasteiger partial charge in [0.15, 0.2) is 0 Å². The van der Waals surface area contributed by atoms with Crippen molar-refractivity contribution in [1.82, 2.24) is 14.7 Å². The average molecular weight is 546 g/mol. The van der Waals surface area contributed by atoms with Crippen molar-refractivity contribution < 1.29 is 36.2 Å². The van der Waals surface area contributed by atoms with E-state index in [4.69, 9.17) is 16.3 Å². The van der Waals surface area contributed by atoms with E-state index in [2.05, 4.69) is 5.43 Å². The number of nitrogens with one attached hydrogen (secondary N) is 1. The van der Waals surface area contributed by atoms with Crippen LogP contribution in [0.25, 0.3) is 0 Å². The summed E-state index contributed by atoms with van der Waals surface area (Å²) >= 11 is 6.33. The van der Waals surface area contributed by atoms with Crippen molar-refractivity contribution in [2.24, 2.45) is 17.8 Å². The molecule has 2 N–H and O–H groups in total. The molecule has 0 bridgehead atoms. The van der Waals surface area contributed by atoms with Crippen molar-refractivity contribution in [3.05, 3.63) is 0 Å². The van der Waals surface area contributed by atoms with E-state index in [1.54, 1.807) is 0 Å². The summed E-state index contributed by atoms with van der Waals surface area (Å²) in [5.74, 6) is -2.49. The predicted molar refractivity (Wildman–Crippen MR) is 123 cm³/mol. The Hall–Kier alpha value is -0.660. The summed E-state index contributed by atoms with van der Waals surface area (Å²) in [4.78, 5) is 11.8. The summed E-state index contributed by atoms with van der Waals surface area (Å²) in [6.45, 7) is -1.73. The second-order valence-corrected chi connectivity index (χ2v) is 13.2. The zero-order valence-electron chi connectivity index (χ0n) is 19.7. The van der Waals surface area contributed by atoms with Gasteiger partial charge in [0.2, 0.25) is 10.0 Å². The molecule has 0 aromatic rings. The van der Waals surface area contributed by atoms with E-state index in [9.17, 15) is 31.5 Å². The molecular weight excluding hydrogens is 511 g/mol. The summed E-state index contributed by atoms with van der Waals surface area (Å²) in [7, 11) is -4.09. The molecule has 0 aromatic carbocycles. The summed E-state index contributed by atoms with van der Waals surface area (Å²) in [5, 5.41) is 8.84. The number of carboxylic acid groups (broad SMARTS) is 1. The Kier molecular flexibility index (Phi) is 8.59. The van der Waals surface area contributed by atoms with Gasteiger partial charge in [-0.05, 0) is 57.8 Å². The van der Waals surface area contributed by atoms with Crippen molar-refractivity contribution in [1.29, 1.82) is 0 Å². The number of sulfonamides is 1. The minimum atomic E-state index is -4.09. The quantitative estimate of drug-likeness (QED) is 0.375. The number of carbonyl (C=O) groups is 1. The molecule has 8 nitrogen and oxygen atoms in total. The molecule has 4 fully saturated rings. The lowest BCUT2D eigenvalue weighted by Crippen LogP contribution is -2.59. The van der Waals surface area contributed by atoms with Crippen molar-refractivity contribution in [3.63, 3.8) is 0 Å². The number of rotatable bonds is 7. The van der Waals surface area contributed by atoms with Crippen LogP contribution in [0.1, 0.15) is 51.9 Å². The summed E-state index contributed by atoms with van der Waals surface area (Å²) in [5.41, 5.74) is 2.52. The number of alkyl halides is 4. The second-order valence-electron chi connectivity index (χ2n) is 10.5. The maximum absolute atomic E-state index is 14.4. The first-order valence-electron chi connectivity index (χ1n) is 12.4. The van der Waals surface area contributed by atoms with Gasteiger partial charge in [-0.15, -0.1) is 11.6 Å².